The molecule has 0 aromatic heterocycles. The van der Waals surface area contributed by atoms with E-state index in [0.717, 1.165) is 28.9 Å². The van der Waals surface area contributed by atoms with Crippen LogP contribution in [0.1, 0.15) is 23.1 Å². The van der Waals surface area contributed by atoms with Gasteiger partial charge < -0.3 is 9.84 Å². The van der Waals surface area contributed by atoms with Crippen molar-refractivity contribution in [1.29, 1.82) is 0 Å². The van der Waals surface area contributed by atoms with Crippen LogP contribution in [0.25, 0.3) is 0 Å². The minimum absolute atomic E-state index is 0.715. The molecule has 18 heavy (non-hydrogen) atoms. The van der Waals surface area contributed by atoms with Crippen LogP contribution in [-0.2, 0) is 12.0 Å². The first-order valence-electron chi connectivity index (χ1n) is 6.20. The molecule has 92 valence electrons. The van der Waals surface area contributed by atoms with Crippen molar-refractivity contribution in [3.63, 3.8) is 0 Å². The third kappa shape index (κ3) is 1.53. The smallest absolute Gasteiger partial charge is 0.122 e. The zero-order chi connectivity index (χ0) is 12.6. The Bertz CT molecular complexity index is 563. The van der Waals surface area contributed by atoms with Crippen LogP contribution in [0.5, 0.6) is 5.75 Å². The van der Waals surface area contributed by atoms with E-state index in [1.54, 1.807) is 7.11 Å². The molecule has 0 heterocycles. The average molecular weight is 240 g/mol. The van der Waals surface area contributed by atoms with E-state index in [2.05, 4.69) is 0 Å². The molecule has 1 aliphatic rings. The van der Waals surface area contributed by atoms with Crippen LogP contribution < -0.4 is 4.74 Å². The third-order valence-electron chi connectivity index (χ3n) is 3.79. The molecular formula is C16H16O2. The highest BCUT2D eigenvalue weighted by molar-refractivity contribution is 5.51. The molecule has 0 bridgehead atoms. The van der Waals surface area contributed by atoms with Gasteiger partial charge in [0.25, 0.3) is 0 Å². The van der Waals surface area contributed by atoms with Crippen molar-refractivity contribution in [3.05, 3.63) is 65.2 Å². The van der Waals surface area contributed by atoms with Crippen molar-refractivity contribution in [1.82, 2.24) is 0 Å². The van der Waals surface area contributed by atoms with Crippen LogP contribution in [0.3, 0.4) is 0 Å². The number of benzene rings is 2. The van der Waals surface area contributed by atoms with Crippen molar-refractivity contribution in [2.45, 2.75) is 18.4 Å². The number of hydrogen-bond acceptors (Lipinski definition) is 2. The summed E-state index contributed by atoms with van der Waals surface area (Å²) in [7, 11) is 1.68. The standard InChI is InChI=1S/C16H16O2/c1-18-15-9-5-8-14-13(15)10-11-16(14,17)12-6-3-2-4-7-12/h2-9,17H,10-11H2,1H3. The van der Waals surface area contributed by atoms with E-state index in [9.17, 15) is 5.11 Å². The summed E-state index contributed by atoms with van der Waals surface area (Å²) >= 11 is 0. The second-order valence-electron chi connectivity index (χ2n) is 4.71. The Labute approximate surface area is 107 Å². The molecule has 2 nitrogen and oxygen atoms in total. The van der Waals surface area contributed by atoms with E-state index in [-0.39, 0.29) is 0 Å². The van der Waals surface area contributed by atoms with Gasteiger partial charge >= 0.3 is 0 Å². The van der Waals surface area contributed by atoms with Gasteiger partial charge in [-0.3, -0.25) is 0 Å². The number of aliphatic hydroxyl groups is 1. The normalized spacial score (nSPS) is 21.7. The highest BCUT2D eigenvalue weighted by Crippen LogP contribution is 2.44. The lowest BCUT2D eigenvalue weighted by atomic mass is 9.88. The van der Waals surface area contributed by atoms with E-state index < -0.39 is 5.60 Å². The van der Waals surface area contributed by atoms with Crippen LogP contribution in [0, 0.1) is 0 Å². The Morgan fingerprint density at radius 2 is 1.83 bits per heavy atom. The van der Waals surface area contributed by atoms with E-state index in [4.69, 9.17) is 4.74 Å². The van der Waals surface area contributed by atoms with Crippen LogP contribution in [0.4, 0.5) is 0 Å². The SMILES string of the molecule is COc1cccc2c1CCC2(O)c1ccccc1. The Balaban J connectivity index is 2.15. The monoisotopic (exact) mass is 240 g/mol. The molecule has 1 N–H and O–H groups in total. The lowest BCUT2D eigenvalue weighted by Crippen LogP contribution is -2.23. The van der Waals surface area contributed by atoms with Crippen LogP contribution >= 0.6 is 0 Å². The van der Waals surface area contributed by atoms with E-state index >= 15 is 0 Å². The summed E-state index contributed by atoms with van der Waals surface area (Å²) in [5.74, 6) is 0.874. The first-order valence-corrected chi connectivity index (χ1v) is 6.20. The average Bonchev–Trinajstić information content (AvgIpc) is 2.79. The maximum Gasteiger partial charge on any atom is 0.122 e. The fourth-order valence-electron chi connectivity index (χ4n) is 2.86. The summed E-state index contributed by atoms with van der Waals surface area (Å²) in [6.45, 7) is 0. The van der Waals surface area contributed by atoms with E-state index in [0.29, 0.717) is 6.42 Å². The van der Waals surface area contributed by atoms with Crippen LogP contribution in [0.15, 0.2) is 48.5 Å². The zero-order valence-corrected chi connectivity index (χ0v) is 10.4. The van der Waals surface area contributed by atoms with Gasteiger partial charge in [0.05, 0.1) is 7.11 Å². The number of rotatable bonds is 2. The Morgan fingerprint density at radius 1 is 1.06 bits per heavy atom. The van der Waals surface area contributed by atoms with Gasteiger partial charge in [0.1, 0.15) is 11.4 Å². The van der Waals surface area contributed by atoms with Gasteiger partial charge in [-0.05, 0) is 30.0 Å². The third-order valence-corrected chi connectivity index (χ3v) is 3.79. The quantitative estimate of drug-likeness (QED) is 0.874. The highest BCUT2D eigenvalue weighted by Gasteiger charge is 2.39. The second-order valence-corrected chi connectivity index (χ2v) is 4.71. The summed E-state index contributed by atoms with van der Waals surface area (Å²) in [5.41, 5.74) is 2.20. The zero-order valence-electron chi connectivity index (χ0n) is 10.4. The molecule has 0 fully saturated rings. The van der Waals surface area contributed by atoms with Gasteiger partial charge in [0.15, 0.2) is 0 Å². The van der Waals surface area contributed by atoms with E-state index in [1.165, 1.54) is 0 Å². The molecule has 1 aliphatic carbocycles. The Hall–Kier alpha value is -1.80. The first kappa shape index (κ1) is 11.3. The van der Waals surface area contributed by atoms with Crippen molar-refractivity contribution in [2.75, 3.05) is 7.11 Å². The molecule has 3 rings (SSSR count). The molecule has 1 atom stereocenters. The number of ether oxygens (including phenoxy) is 1. The number of fused-ring (bicyclic) bond motifs is 1. The van der Waals surface area contributed by atoms with Crippen LogP contribution in [-0.4, -0.2) is 12.2 Å². The van der Waals surface area contributed by atoms with Gasteiger partial charge in [-0.25, -0.2) is 0 Å². The summed E-state index contributed by atoms with van der Waals surface area (Å²) in [5, 5.41) is 11.0. The second kappa shape index (κ2) is 4.14. The van der Waals surface area contributed by atoms with Gasteiger partial charge in [-0.15, -0.1) is 0 Å². The predicted octanol–water partition coefficient (Wildman–Crippen LogP) is 2.88. The van der Waals surface area contributed by atoms with Gasteiger partial charge in [-0.1, -0.05) is 42.5 Å². The van der Waals surface area contributed by atoms with Gasteiger partial charge in [-0.2, -0.15) is 0 Å². The summed E-state index contributed by atoms with van der Waals surface area (Å²) < 4.78 is 5.38. The molecule has 0 aliphatic heterocycles. The molecule has 0 radical (unpaired) electrons. The van der Waals surface area contributed by atoms with Crippen molar-refractivity contribution in [3.8, 4) is 5.75 Å². The summed E-state index contributed by atoms with van der Waals surface area (Å²) in [6.07, 6.45) is 1.57. The molecular weight excluding hydrogens is 224 g/mol. The first-order chi connectivity index (χ1) is 8.75. The summed E-state index contributed by atoms with van der Waals surface area (Å²) in [6, 6.07) is 15.7. The molecule has 2 heteroatoms. The highest BCUT2D eigenvalue weighted by atomic mass is 16.5. The van der Waals surface area contributed by atoms with Crippen LogP contribution in [0.2, 0.25) is 0 Å². The molecule has 1 unspecified atom stereocenters. The molecule has 0 saturated carbocycles. The van der Waals surface area contributed by atoms with Crippen molar-refractivity contribution < 1.29 is 9.84 Å². The van der Waals surface area contributed by atoms with E-state index in [1.807, 2.05) is 48.5 Å². The fourth-order valence-corrected chi connectivity index (χ4v) is 2.86. The topological polar surface area (TPSA) is 29.5 Å². The maximum absolute atomic E-state index is 11.0. The molecule has 0 spiro atoms. The van der Waals surface area contributed by atoms with Gasteiger partial charge in [0.2, 0.25) is 0 Å². The summed E-state index contributed by atoms with van der Waals surface area (Å²) in [4.78, 5) is 0. The molecule has 0 amide bonds. The lowest BCUT2D eigenvalue weighted by Gasteiger charge is -2.24. The van der Waals surface area contributed by atoms with Crippen molar-refractivity contribution >= 4 is 0 Å². The number of hydrogen-bond donors (Lipinski definition) is 1. The maximum atomic E-state index is 11.0. The minimum atomic E-state index is -0.870. The molecule has 0 saturated heterocycles. The van der Waals surface area contributed by atoms with Gasteiger partial charge in [0, 0.05) is 5.56 Å². The number of methoxy groups -OCH3 is 1. The molecule has 2 aromatic carbocycles. The molecule has 2 aromatic rings. The Morgan fingerprint density at radius 3 is 2.56 bits per heavy atom. The predicted molar refractivity (Wildman–Crippen MR) is 70.8 cm³/mol. The fraction of sp³-hybridized carbons (Fsp3) is 0.250. The largest absolute Gasteiger partial charge is 0.496 e. The lowest BCUT2D eigenvalue weighted by molar-refractivity contribution is 0.0829. The Kier molecular flexibility index (Phi) is 2.60. The van der Waals surface area contributed by atoms with Crippen molar-refractivity contribution in [2.24, 2.45) is 0 Å². The minimum Gasteiger partial charge on any atom is -0.496 e.